The molecule has 0 saturated carbocycles. The molecule has 0 fully saturated rings. The van der Waals surface area contributed by atoms with Gasteiger partial charge in [0.1, 0.15) is 23.7 Å². The number of nitrogens with zero attached hydrogens (tertiary/aromatic N) is 1. The fraction of sp³-hybridized carbons (Fsp3) is 0.387. The number of ether oxygens (including phenoxy) is 1. The molecule has 3 aromatic rings. The van der Waals surface area contributed by atoms with Gasteiger partial charge in [-0.05, 0) is 54.4 Å². The smallest absolute Gasteiger partial charge is 0.303 e. The molecule has 6 heteroatoms. The highest BCUT2D eigenvalue weighted by Crippen LogP contribution is 2.31. The first kappa shape index (κ1) is 28.1. The van der Waals surface area contributed by atoms with E-state index in [0.29, 0.717) is 30.0 Å². The lowest BCUT2D eigenvalue weighted by Gasteiger charge is -2.26. The van der Waals surface area contributed by atoms with Crippen molar-refractivity contribution in [3.63, 3.8) is 0 Å². The van der Waals surface area contributed by atoms with Crippen molar-refractivity contribution in [1.82, 2.24) is 4.98 Å². The highest BCUT2D eigenvalue weighted by molar-refractivity contribution is 5.95. The van der Waals surface area contributed by atoms with Crippen LogP contribution in [0.2, 0.25) is 0 Å². The summed E-state index contributed by atoms with van der Waals surface area (Å²) >= 11 is 0. The SMILES string of the molecule is Cc1ccccc1C(CCCC(=O)c1ccc(OCC(O)C(C)(C)C)c(-c2ccccc2)n1)CC(=O)O. The van der Waals surface area contributed by atoms with Crippen molar-refractivity contribution in [1.29, 1.82) is 0 Å². The van der Waals surface area contributed by atoms with Crippen LogP contribution >= 0.6 is 0 Å². The Labute approximate surface area is 219 Å². The molecule has 2 unspecified atom stereocenters. The molecule has 0 aliphatic carbocycles. The maximum atomic E-state index is 13.1. The summed E-state index contributed by atoms with van der Waals surface area (Å²) in [5.74, 6) is -0.588. The number of pyridine rings is 1. The van der Waals surface area contributed by atoms with Gasteiger partial charge in [0.05, 0.1) is 12.5 Å². The van der Waals surface area contributed by atoms with Crippen molar-refractivity contribution in [2.45, 2.75) is 65.4 Å². The van der Waals surface area contributed by atoms with Crippen molar-refractivity contribution < 1.29 is 24.5 Å². The Morgan fingerprint density at radius 3 is 2.30 bits per heavy atom. The molecule has 0 aliphatic heterocycles. The first-order valence-electron chi connectivity index (χ1n) is 12.7. The number of rotatable bonds is 12. The Kier molecular flexibility index (Phi) is 9.59. The van der Waals surface area contributed by atoms with Gasteiger partial charge >= 0.3 is 5.97 Å². The van der Waals surface area contributed by atoms with E-state index in [0.717, 1.165) is 16.7 Å². The number of carbonyl (C=O) groups excluding carboxylic acids is 1. The highest BCUT2D eigenvalue weighted by Gasteiger charge is 2.24. The minimum absolute atomic E-state index is 0.0297. The molecule has 0 saturated heterocycles. The first-order valence-corrected chi connectivity index (χ1v) is 12.7. The molecule has 2 aromatic carbocycles. The minimum atomic E-state index is -0.846. The van der Waals surface area contributed by atoms with Crippen LogP contribution in [0.15, 0.2) is 66.7 Å². The molecule has 1 heterocycles. The van der Waals surface area contributed by atoms with Gasteiger partial charge in [-0.3, -0.25) is 9.59 Å². The monoisotopic (exact) mass is 503 g/mol. The van der Waals surface area contributed by atoms with Crippen LogP contribution in [0.5, 0.6) is 5.75 Å². The lowest BCUT2D eigenvalue weighted by molar-refractivity contribution is -0.137. The summed E-state index contributed by atoms with van der Waals surface area (Å²) in [6, 6.07) is 20.7. The zero-order chi connectivity index (χ0) is 27.0. The lowest BCUT2D eigenvalue weighted by Crippen LogP contribution is -2.32. The zero-order valence-corrected chi connectivity index (χ0v) is 22.1. The Hall–Kier alpha value is -3.51. The van der Waals surface area contributed by atoms with Crippen LogP contribution in [-0.2, 0) is 4.79 Å². The number of aliphatic hydroxyl groups is 1. The van der Waals surface area contributed by atoms with Gasteiger partial charge in [-0.25, -0.2) is 4.98 Å². The Morgan fingerprint density at radius 2 is 1.65 bits per heavy atom. The van der Waals surface area contributed by atoms with E-state index in [-0.39, 0.29) is 36.6 Å². The predicted octanol–water partition coefficient (Wildman–Crippen LogP) is 6.45. The van der Waals surface area contributed by atoms with Crippen molar-refractivity contribution in [3.05, 3.63) is 83.6 Å². The van der Waals surface area contributed by atoms with E-state index in [9.17, 15) is 19.8 Å². The average molecular weight is 504 g/mol. The van der Waals surface area contributed by atoms with Gasteiger partial charge in [-0.1, -0.05) is 75.4 Å². The summed E-state index contributed by atoms with van der Waals surface area (Å²) in [6.07, 6.45) is 0.794. The number of ketones is 1. The normalized spacial score (nSPS) is 13.1. The number of Topliss-reactive ketones (excluding diaryl/α,β-unsaturated/α-hetero) is 1. The topological polar surface area (TPSA) is 96.7 Å². The number of hydrogen-bond donors (Lipinski definition) is 2. The van der Waals surface area contributed by atoms with Gasteiger partial charge in [0.25, 0.3) is 0 Å². The Bertz CT molecular complexity index is 1200. The molecule has 2 N–H and O–H groups in total. The number of benzene rings is 2. The summed E-state index contributed by atoms with van der Waals surface area (Å²) in [5, 5.41) is 19.8. The van der Waals surface area contributed by atoms with Gasteiger partial charge in [-0.2, -0.15) is 0 Å². The average Bonchev–Trinajstić information content (AvgIpc) is 2.86. The molecule has 0 amide bonds. The molecule has 2 atom stereocenters. The molecule has 0 bridgehead atoms. The summed E-state index contributed by atoms with van der Waals surface area (Å²) < 4.78 is 5.94. The fourth-order valence-electron chi connectivity index (χ4n) is 4.20. The quantitative estimate of drug-likeness (QED) is 0.276. The van der Waals surface area contributed by atoms with Gasteiger partial charge < -0.3 is 14.9 Å². The maximum absolute atomic E-state index is 13.1. The van der Waals surface area contributed by atoms with E-state index in [1.807, 2.05) is 82.3 Å². The lowest BCUT2D eigenvalue weighted by atomic mass is 9.87. The first-order chi connectivity index (χ1) is 17.6. The highest BCUT2D eigenvalue weighted by atomic mass is 16.5. The predicted molar refractivity (Wildman–Crippen MR) is 145 cm³/mol. The molecule has 37 heavy (non-hydrogen) atoms. The molecule has 0 aliphatic rings. The largest absolute Gasteiger partial charge is 0.489 e. The van der Waals surface area contributed by atoms with Crippen LogP contribution in [0.1, 0.15) is 74.0 Å². The Morgan fingerprint density at radius 1 is 0.973 bits per heavy atom. The van der Waals surface area contributed by atoms with E-state index in [1.165, 1.54) is 0 Å². The summed E-state index contributed by atoms with van der Waals surface area (Å²) in [7, 11) is 0. The van der Waals surface area contributed by atoms with Crippen LogP contribution in [0, 0.1) is 12.3 Å². The zero-order valence-electron chi connectivity index (χ0n) is 22.1. The van der Waals surface area contributed by atoms with Gasteiger partial charge in [0.2, 0.25) is 0 Å². The van der Waals surface area contributed by atoms with Gasteiger partial charge in [0, 0.05) is 12.0 Å². The molecular weight excluding hydrogens is 466 g/mol. The van der Waals surface area contributed by atoms with Crippen LogP contribution < -0.4 is 4.74 Å². The third kappa shape index (κ3) is 7.99. The van der Waals surface area contributed by atoms with Gasteiger partial charge in [0.15, 0.2) is 5.78 Å². The van der Waals surface area contributed by atoms with E-state index in [1.54, 1.807) is 12.1 Å². The molecular formula is C31H37NO5. The standard InChI is InChI=1S/C31H37NO5/c1-21-11-8-9-15-24(21)23(19-29(35)36)14-10-16-26(33)25-17-18-27(37-20-28(34)31(2,3)4)30(32-25)22-12-6-5-7-13-22/h5-9,11-13,15,17-18,23,28,34H,10,14,16,19-20H2,1-4H3,(H,35,36). The molecule has 3 rings (SSSR count). The van der Waals surface area contributed by atoms with Crippen LogP contribution in [0.3, 0.4) is 0 Å². The second-order valence-electron chi connectivity index (χ2n) is 10.6. The maximum Gasteiger partial charge on any atom is 0.303 e. The molecule has 196 valence electrons. The molecule has 1 aromatic heterocycles. The van der Waals surface area contributed by atoms with Crippen LogP contribution in [-0.4, -0.2) is 39.7 Å². The Balaban J connectivity index is 1.75. The second-order valence-corrected chi connectivity index (χ2v) is 10.6. The number of aromatic nitrogens is 1. The second kappa shape index (κ2) is 12.6. The number of hydrogen-bond acceptors (Lipinski definition) is 5. The van der Waals surface area contributed by atoms with Crippen molar-refractivity contribution in [2.24, 2.45) is 5.41 Å². The fourth-order valence-corrected chi connectivity index (χ4v) is 4.20. The molecule has 0 radical (unpaired) electrons. The summed E-state index contributed by atoms with van der Waals surface area (Å²) in [4.78, 5) is 29.2. The van der Waals surface area contributed by atoms with E-state index in [2.05, 4.69) is 4.98 Å². The van der Waals surface area contributed by atoms with Crippen LogP contribution in [0.25, 0.3) is 11.3 Å². The number of aliphatic hydroxyl groups excluding tert-OH is 1. The van der Waals surface area contributed by atoms with Crippen molar-refractivity contribution in [3.8, 4) is 17.0 Å². The number of aliphatic carboxylic acids is 1. The molecule has 6 nitrogen and oxygen atoms in total. The third-order valence-electron chi connectivity index (χ3n) is 6.59. The van der Waals surface area contributed by atoms with Crippen LogP contribution in [0.4, 0.5) is 0 Å². The third-order valence-corrected chi connectivity index (χ3v) is 6.59. The summed E-state index contributed by atoms with van der Waals surface area (Å²) in [6.45, 7) is 7.93. The summed E-state index contributed by atoms with van der Waals surface area (Å²) in [5.41, 5.74) is 3.46. The minimum Gasteiger partial charge on any atom is -0.489 e. The number of carboxylic acids is 1. The number of carbonyl (C=O) groups is 2. The van der Waals surface area contributed by atoms with Crippen molar-refractivity contribution in [2.75, 3.05) is 6.61 Å². The van der Waals surface area contributed by atoms with E-state index < -0.39 is 12.1 Å². The number of carboxylic acid groups (broad SMARTS) is 1. The van der Waals surface area contributed by atoms with Gasteiger partial charge in [-0.15, -0.1) is 0 Å². The number of aryl methyl sites for hydroxylation is 1. The van der Waals surface area contributed by atoms with Crippen molar-refractivity contribution >= 4 is 11.8 Å². The molecule has 0 spiro atoms. The van der Waals surface area contributed by atoms with E-state index >= 15 is 0 Å². The van der Waals surface area contributed by atoms with E-state index in [4.69, 9.17) is 4.74 Å².